The molecule has 1 fully saturated rings. The average Bonchev–Trinajstić information content (AvgIpc) is 3.08. The molecule has 0 radical (unpaired) electrons. The second kappa shape index (κ2) is 9.17. The summed E-state index contributed by atoms with van der Waals surface area (Å²) in [5.41, 5.74) is 1.62. The van der Waals surface area contributed by atoms with Crippen LogP contribution in [0.1, 0.15) is 18.1 Å². The number of methoxy groups -OCH3 is 1. The van der Waals surface area contributed by atoms with Crippen LogP contribution in [0, 0.1) is 0 Å². The number of nitrogens with zero attached hydrogens (tertiary/aromatic N) is 1. The van der Waals surface area contributed by atoms with Gasteiger partial charge >= 0.3 is 12.1 Å². The lowest BCUT2D eigenvalue weighted by atomic mass is 10.1. The first-order valence-electron chi connectivity index (χ1n) is 9.25. The van der Waals surface area contributed by atoms with Crippen molar-refractivity contribution in [3.8, 4) is 17.2 Å². The lowest BCUT2D eigenvalue weighted by Crippen LogP contribution is -2.24. The molecule has 0 saturated carbocycles. The maximum atomic E-state index is 11.9. The number of carbonyl (C=O) groups excluding carboxylic acids is 2. The van der Waals surface area contributed by atoms with Crippen molar-refractivity contribution in [1.29, 1.82) is 0 Å². The highest BCUT2D eigenvalue weighted by molar-refractivity contribution is 5.90. The van der Waals surface area contributed by atoms with Gasteiger partial charge in [0.15, 0.2) is 11.5 Å². The Bertz CT molecular complexity index is 974. The van der Waals surface area contributed by atoms with Crippen LogP contribution in [0.3, 0.4) is 0 Å². The molecule has 0 spiro atoms. The van der Waals surface area contributed by atoms with Crippen LogP contribution < -0.4 is 14.8 Å². The minimum atomic E-state index is -0.966. The van der Waals surface area contributed by atoms with E-state index in [2.05, 4.69) is 5.32 Å². The van der Waals surface area contributed by atoms with E-state index >= 15 is 0 Å². The zero-order valence-electron chi connectivity index (χ0n) is 16.6. The second-order valence-corrected chi connectivity index (χ2v) is 6.66. The molecule has 2 aromatic rings. The molecule has 9 heteroatoms. The molecule has 1 heterocycles. The standard InChI is InChI=1S/C21H22N2O7/c1-13(24)22-16-4-3-5-17(15(16)12-23-8-9-29-21(23)27)30-19-10-14(11-20(25)26)6-7-18(19)28-2/h3-7,10H,8-9,11-12H2,1-2H3,(H,22,24)(H,25,26). The predicted octanol–water partition coefficient (Wildman–Crippen LogP) is 3.03. The first-order chi connectivity index (χ1) is 14.4. The highest BCUT2D eigenvalue weighted by atomic mass is 16.6. The zero-order chi connectivity index (χ0) is 21.7. The van der Waals surface area contributed by atoms with Gasteiger partial charge in [-0.3, -0.25) is 9.59 Å². The molecular weight excluding hydrogens is 392 g/mol. The van der Waals surface area contributed by atoms with Crippen molar-refractivity contribution in [1.82, 2.24) is 4.90 Å². The molecule has 2 N–H and O–H groups in total. The molecule has 158 valence electrons. The lowest BCUT2D eigenvalue weighted by molar-refractivity contribution is -0.136. The van der Waals surface area contributed by atoms with Gasteiger partial charge in [-0.05, 0) is 29.8 Å². The number of amides is 2. The average molecular weight is 414 g/mol. The molecule has 0 aliphatic carbocycles. The van der Waals surface area contributed by atoms with Gasteiger partial charge in [-0.1, -0.05) is 12.1 Å². The van der Waals surface area contributed by atoms with Crippen molar-refractivity contribution in [3.63, 3.8) is 0 Å². The Morgan fingerprint density at radius 3 is 2.63 bits per heavy atom. The van der Waals surface area contributed by atoms with E-state index in [1.165, 1.54) is 18.9 Å². The molecule has 3 rings (SSSR count). The highest BCUT2D eigenvalue weighted by Gasteiger charge is 2.25. The minimum Gasteiger partial charge on any atom is -0.493 e. The Morgan fingerprint density at radius 2 is 2.00 bits per heavy atom. The van der Waals surface area contributed by atoms with E-state index in [4.69, 9.17) is 19.3 Å². The van der Waals surface area contributed by atoms with Gasteiger partial charge in [-0.25, -0.2) is 4.79 Å². The number of carbonyl (C=O) groups is 3. The fraction of sp³-hybridized carbons (Fsp3) is 0.286. The van der Waals surface area contributed by atoms with Crippen molar-refractivity contribution in [2.45, 2.75) is 19.9 Å². The van der Waals surface area contributed by atoms with Crippen LogP contribution in [0.2, 0.25) is 0 Å². The van der Waals surface area contributed by atoms with Crippen molar-refractivity contribution in [3.05, 3.63) is 47.5 Å². The smallest absolute Gasteiger partial charge is 0.410 e. The van der Waals surface area contributed by atoms with Crippen LogP contribution in [0.4, 0.5) is 10.5 Å². The quantitative estimate of drug-likeness (QED) is 0.682. The summed E-state index contributed by atoms with van der Waals surface area (Å²) >= 11 is 0. The van der Waals surface area contributed by atoms with Gasteiger partial charge in [-0.2, -0.15) is 0 Å². The van der Waals surface area contributed by atoms with E-state index in [1.807, 2.05) is 0 Å². The predicted molar refractivity (Wildman–Crippen MR) is 107 cm³/mol. The van der Waals surface area contributed by atoms with Crippen LogP contribution in [-0.4, -0.2) is 48.2 Å². The van der Waals surface area contributed by atoms with Crippen LogP contribution in [0.15, 0.2) is 36.4 Å². The third-order valence-electron chi connectivity index (χ3n) is 4.44. The maximum Gasteiger partial charge on any atom is 0.410 e. The molecule has 2 aromatic carbocycles. The lowest BCUT2D eigenvalue weighted by Gasteiger charge is -2.20. The number of nitrogens with one attached hydrogen (secondary N) is 1. The maximum absolute atomic E-state index is 11.9. The SMILES string of the molecule is COc1ccc(CC(=O)O)cc1Oc1cccc(NC(C)=O)c1CN1CCOC1=O. The number of carboxylic acid groups (broad SMARTS) is 1. The first-order valence-corrected chi connectivity index (χ1v) is 9.25. The summed E-state index contributed by atoms with van der Waals surface area (Å²) in [6.07, 6.45) is -0.613. The van der Waals surface area contributed by atoms with Crippen LogP contribution >= 0.6 is 0 Å². The molecule has 0 aromatic heterocycles. The van der Waals surface area contributed by atoms with Crippen LogP contribution in [0.25, 0.3) is 0 Å². The molecule has 1 aliphatic rings. The van der Waals surface area contributed by atoms with Crippen LogP contribution in [-0.2, 0) is 27.3 Å². The normalized spacial score (nSPS) is 13.0. The number of anilines is 1. The number of hydrogen-bond donors (Lipinski definition) is 2. The number of rotatable bonds is 8. The summed E-state index contributed by atoms with van der Waals surface area (Å²) in [4.78, 5) is 36.1. The van der Waals surface area contributed by atoms with E-state index in [1.54, 1.807) is 36.4 Å². The summed E-state index contributed by atoms with van der Waals surface area (Å²) in [5, 5.41) is 11.8. The van der Waals surface area contributed by atoms with Gasteiger partial charge in [0.2, 0.25) is 5.91 Å². The first kappa shape index (κ1) is 21.0. The molecule has 30 heavy (non-hydrogen) atoms. The molecule has 1 aliphatic heterocycles. The van der Waals surface area contributed by atoms with Gasteiger partial charge in [0.25, 0.3) is 0 Å². The number of ether oxygens (including phenoxy) is 3. The summed E-state index contributed by atoms with van der Waals surface area (Å²) < 4.78 is 16.4. The number of carboxylic acids is 1. The summed E-state index contributed by atoms with van der Waals surface area (Å²) in [6.45, 7) is 2.27. The molecule has 0 unspecified atom stereocenters. The van der Waals surface area contributed by atoms with Crippen molar-refractivity contribution < 1.29 is 33.7 Å². The number of cyclic esters (lactones) is 1. The third-order valence-corrected chi connectivity index (χ3v) is 4.44. The fourth-order valence-corrected chi connectivity index (χ4v) is 3.10. The number of hydrogen-bond acceptors (Lipinski definition) is 6. The number of benzene rings is 2. The van der Waals surface area contributed by atoms with E-state index in [9.17, 15) is 14.4 Å². The highest BCUT2D eigenvalue weighted by Crippen LogP contribution is 2.37. The van der Waals surface area contributed by atoms with E-state index in [-0.39, 0.29) is 18.9 Å². The molecular formula is C21H22N2O7. The van der Waals surface area contributed by atoms with E-state index in [0.29, 0.717) is 47.2 Å². The van der Waals surface area contributed by atoms with Crippen LogP contribution in [0.5, 0.6) is 17.2 Å². The third kappa shape index (κ3) is 4.99. The zero-order valence-corrected chi connectivity index (χ0v) is 16.6. The van der Waals surface area contributed by atoms with Gasteiger partial charge in [0.05, 0.1) is 26.6 Å². The van der Waals surface area contributed by atoms with Gasteiger partial charge in [0.1, 0.15) is 12.4 Å². The Labute approximate surface area is 173 Å². The Morgan fingerprint density at radius 1 is 1.20 bits per heavy atom. The molecule has 0 bridgehead atoms. The molecule has 9 nitrogen and oxygen atoms in total. The molecule has 1 saturated heterocycles. The Hall–Kier alpha value is -3.75. The Balaban J connectivity index is 1.99. The number of aliphatic carboxylic acids is 1. The largest absolute Gasteiger partial charge is 0.493 e. The molecule has 2 amide bonds. The van der Waals surface area contributed by atoms with Gasteiger partial charge in [-0.15, -0.1) is 0 Å². The van der Waals surface area contributed by atoms with Crippen molar-refractivity contribution in [2.24, 2.45) is 0 Å². The van der Waals surface area contributed by atoms with E-state index < -0.39 is 12.1 Å². The summed E-state index contributed by atoms with van der Waals surface area (Å²) in [5.74, 6) is -0.0979. The van der Waals surface area contributed by atoms with Gasteiger partial charge in [0, 0.05) is 18.2 Å². The monoisotopic (exact) mass is 414 g/mol. The fourth-order valence-electron chi connectivity index (χ4n) is 3.10. The topological polar surface area (TPSA) is 114 Å². The minimum absolute atomic E-state index is 0.168. The Kier molecular flexibility index (Phi) is 6.41. The molecule has 0 atom stereocenters. The summed E-state index contributed by atoms with van der Waals surface area (Å²) in [6, 6.07) is 9.98. The van der Waals surface area contributed by atoms with E-state index in [0.717, 1.165) is 0 Å². The van der Waals surface area contributed by atoms with Crippen molar-refractivity contribution in [2.75, 3.05) is 25.6 Å². The van der Waals surface area contributed by atoms with Crippen molar-refractivity contribution >= 4 is 23.7 Å². The second-order valence-electron chi connectivity index (χ2n) is 6.66. The summed E-state index contributed by atoms with van der Waals surface area (Å²) in [7, 11) is 1.48. The van der Waals surface area contributed by atoms with Gasteiger partial charge < -0.3 is 29.5 Å².